The van der Waals surface area contributed by atoms with Crippen molar-refractivity contribution in [1.29, 1.82) is 0 Å². The predicted molar refractivity (Wildman–Crippen MR) is 130 cm³/mol. The first-order valence-electron chi connectivity index (χ1n) is 11.5. The third kappa shape index (κ3) is 6.04. The van der Waals surface area contributed by atoms with Gasteiger partial charge in [-0.15, -0.1) is 0 Å². The molecule has 0 aliphatic heterocycles. The van der Waals surface area contributed by atoms with Crippen molar-refractivity contribution in [2.75, 3.05) is 13.7 Å². The van der Waals surface area contributed by atoms with E-state index in [1.807, 2.05) is 45.9 Å². The number of fused-ring (bicyclic) bond motifs is 1. The topological polar surface area (TPSA) is 65.7 Å². The highest BCUT2D eigenvalue weighted by Gasteiger charge is 2.22. The molecule has 176 valence electrons. The van der Waals surface area contributed by atoms with E-state index < -0.39 is 5.41 Å². The Morgan fingerprint density at radius 1 is 1.06 bits per heavy atom. The van der Waals surface area contributed by atoms with E-state index in [1.54, 1.807) is 12.1 Å². The molecule has 0 N–H and O–H groups in total. The molecule has 0 bridgehead atoms. The first kappa shape index (κ1) is 24.6. The van der Waals surface area contributed by atoms with Crippen LogP contribution in [0.3, 0.4) is 0 Å². The minimum Gasteiger partial charge on any atom is -0.486 e. The van der Waals surface area contributed by atoms with Gasteiger partial charge in [0.2, 0.25) is 0 Å². The molecule has 33 heavy (non-hydrogen) atoms. The molecule has 0 aliphatic carbocycles. The van der Waals surface area contributed by atoms with E-state index in [1.165, 1.54) is 12.7 Å². The third-order valence-corrected chi connectivity index (χ3v) is 6.09. The maximum absolute atomic E-state index is 12.2. The number of esters is 1. The third-order valence-electron chi connectivity index (χ3n) is 6.09. The second kappa shape index (κ2) is 10.2. The Hall–Kier alpha value is -3.08. The van der Waals surface area contributed by atoms with Crippen LogP contribution in [-0.2, 0) is 16.0 Å². The van der Waals surface area contributed by atoms with Crippen molar-refractivity contribution in [2.45, 2.75) is 59.8 Å². The highest BCUT2D eigenvalue weighted by atomic mass is 16.5. The second-order valence-electron chi connectivity index (χ2n) is 9.59. The van der Waals surface area contributed by atoms with Crippen LogP contribution in [0.15, 0.2) is 46.9 Å². The highest BCUT2D eigenvalue weighted by Crippen LogP contribution is 2.31. The largest absolute Gasteiger partial charge is 0.486 e. The molecule has 5 nitrogen and oxygen atoms in total. The lowest BCUT2D eigenvalue weighted by atomic mass is 9.90. The summed E-state index contributed by atoms with van der Waals surface area (Å²) in [6.45, 7) is 10.0. The zero-order valence-corrected chi connectivity index (χ0v) is 20.5. The van der Waals surface area contributed by atoms with Crippen LogP contribution in [0.1, 0.15) is 73.7 Å². The van der Waals surface area contributed by atoms with Gasteiger partial charge in [-0.1, -0.05) is 39.8 Å². The summed E-state index contributed by atoms with van der Waals surface area (Å²) in [4.78, 5) is 23.9. The number of ether oxygens (including phenoxy) is 2. The van der Waals surface area contributed by atoms with Crippen LogP contribution in [0.4, 0.5) is 0 Å². The molecule has 0 fully saturated rings. The molecule has 5 heteroatoms. The number of ketones is 1. The summed E-state index contributed by atoms with van der Waals surface area (Å²) in [5.41, 5.74) is 3.18. The van der Waals surface area contributed by atoms with Crippen molar-refractivity contribution in [3.8, 4) is 5.75 Å². The molecule has 0 radical (unpaired) electrons. The molecule has 0 amide bonds. The van der Waals surface area contributed by atoms with Crippen molar-refractivity contribution in [1.82, 2.24) is 0 Å². The van der Waals surface area contributed by atoms with E-state index in [2.05, 4.69) is 19.1 Å². The lowest BCUT2D eigenvalue weighted by Gasteiger charge is -2.19. The van der Waals surface area contributed by atoms with Gasteiger partial charge in [0.1, 0.15) is 23.7 Å². The number of benzene rings is 2. The highest BCUT2D eigenvalue weighted by molar-refractivity contribution is 5.94. The van der Waals surface area contributed by atoms with Crippen LogP contribution in [-0.4, -0.2) is 25.5 Å². The summed E-state index contributed by atoms with van der Waals surface area (Å²) in [5, 5.41) is 0.906. The van der Waals surface area contributed by atoms with E-state index in [-0.39, 0.29) is 18.4 Å². The number of hydrogen-bond acceptors (Lipinski definition) is 5. The number of methoxy groups -OCH3 is 1. The Morgan fingerprint density at radius 3 is 2.45 bits per heavy atom. The Morgan fingerprint density at radius 2 is 1.82 bits per heavy atom. The average molecular weight is 451 g/mol. The number of furan rings is 1. The molecule has 1 aromatic heterocycles. The number of carbonyl (C=O) groups is 2. The monoisotopic (exact) mass is 450 g/mol. The van der Waals surface area contributed by atoms with Gasteiger partial charge in [-0.2, -0.15) is 0 Å². The van der Waals surface area contributed by atoms with E-state index in [0.29, 0.717) is 11.5 Å². The zero-order chi connectivity index (χ0) is 24.2. The van der Waals surface area contributed by atoms with E-state index in [0.717, 1.165) is 47.3 Å². The van der Waals surface area contributed by atoms with Crippen molar-refractivity contribution in [3.63, 3.8) is 0 Å². The second-order valence-corrected chi connectivity index (χ2v) is 9.59. The number of hydrogen-bond donors (Lipinski definition) is 0. The summed E-state index contributed by atoms with van der Waals surface area (Å²) in [5.74, 6) is 1.78. The SMILES string of the molecule is CCC(CCc1cc2cc(C(=O)OC)ccc2o1)c1ccc(OCC(=O)C(C)(C)C)c(C)c1. The molecule has 0 saturated carbocycles. The van der Waals surface area contributed by atoms with Crippen LogP contribution >= 0.6 is 0 Å². The van der Waals surface area contributed by atoms with E-state index in [4.69, 9.17) is 13.9 Å². The molecular weight excluding hydrogens is 416 g/mol. The average Bonchev–Trinajstić information content (AvgIpc) is 3.19. The number of Topliss-reactive ketones (excluding diaryl/α,β-unsaturated/α-hetero) is 1. The maximum atomic E-state index is 12.2. The van der Waals surface area contributed by atoms with Gasteiger partial charge < -0.3 is 13.9 Å². The molecular formula is C28H34O5. The quantitative estimate of drug-likeness (QED) is 0.342. The molecule has 1 heterocycles. The fourth-order valence-corrected chi connectivity index (χ4v) is 3.84. The summed E-state index contributed by atoms with van der Waals surface area (Å²) < 4.78 is 16.6. The molecule has 3 rings (SSSR count). The molecule has 1 atom stereocenters. The number of aryl methyl sites for hydroxylation is 2. The predicted octanol–water partition coefficient (Wildman–Crippen LogP) is 6.65. The Labute approximate surface area is 196 Å². The first-order valence-corrected chi connectivity index (χ1v) is 11.5. The standard InChI is InChI=1S/C28H34O5/c1-7-19(20-9-12-24(18(2)14-20)32-17-26(29)28(3,4)5)8-11-23-16-22-15-21(27(30)31-6)10-13-25(22)33-23/h9-10,12-16,19H,7-8,11,17H2,1-6H3. The maximum Gasteiger partial charge on any atom is 0.337 e. The van der Waals surface area contributed by atoms with Gasteiger partial charge in [0.25, 0.3) is 0 Å². The minimum atomic E-state index is -0.404. The molecule has 1 unspecified atom stereocenters. The molecule has 0 aliphatic rings. The summed E-state index contributed by atoms with van der Waals surface area (Å²) in [6, 6.07) is 13.6. The number of carbonyl (C=O) groups excluding carboxylic acids is 2. The van der Waals surface area contributed by atoms with Gasteiger partial charge >= 0.3 is 5.97 Å². The lowest BCUT2D eigenvalue weighted by Crippen LogP contribution is -2.26. The Kier molecular flexibility index (Phi) is 7.62. The lowest BCUT2D eigenvalue weighted by molar-refractivity contribution is -0.128. The van der Waals surface area contributed by atoms with Crippen molar-refractivity contribution < 1.29 is 23.5 Å². The normalized spacial score (nSPS) is 12.5. The van der Waals surface area contributed by atoms with Crippen LogP contribution in [0.2, 0.25) is 0 Å². The number of rotatable bonds is 9. The van der Waals surface area contributed by atoms with Crippen LogP contribution in [0.25, 0.3) is 11.0 Å². The van der Waals surface area contributed by atoms with E-state index >= 15 is 0 Å². The minimum absolute atomic E-state index is 0.0851. The van der Waals surface area contributed by atoms with Gasteiger partial charge in [0.15, 0.2) is 5.78 Å². The molecule has 2 aromatic carbocycles. The first-order chi connectivity index (χ1) is 15.6. The van der Waals surface area contributed by atoms with Crippen molar-refractivity contribution >= 4 is 22.7 Å². The summed E-state index contributed by atoms with van der Waals surface area (Å²) >= 11 is 0. The summed E-state index contributed by atoms with van der Waals surface area (Å²) in [6.07, 6.45) is 2.76. The zero-order valence-electron chi connectivity index (χ0n) is 20.5. The molecule has 0 saturated heterocycles. The molecule has 3 aromatic rings. The smallest absolute Gasteiger partial charge is 0.337 e. The Bertz CT molecular complexity index is 1130. The van der Waals surface area contributed by atoms with Crippen LogP contribution in [0, 0.1) is 12.3 Å². The van der Waals surface area contributed by atoms with Crippen molar-refractivity contribution in [3.05, 3.63) is 64.9 Å². The molecule has 0 spiro atoms. The Balaban J connectivity index is 1.66. The summed E-state index contributed by atoms with van der Waals surface area (Å²) in [7, 11) is 1.38. The van der Waals surface area contributed by atoms with Gasteiger partial charge in [-0.25, -0.2) is 4.79 Å². The van der Waals surface area contributed by atoms with Gasteiger partial charge in [0, 0.05) is 17.2 Å². The van der Waals surface area contributed by atoms with Crippen LogP contribution in [0.5, 0.6) is 5.75 Å². The van der Waals surface area contributed by atoms with E-state index in [9.17, 15) is 9.59 Å². The van der Waals surface area contributed by atoms with Crippen molar-refractivity contribution in [2.24, 2.45) is 5.41 Å². The fraction of sp³-hybridized carbons (Fsp3) is 0.429. The van der Waals surface area contributed by atoms with Crippen LogP contribution < -0.4 is 4.74 Å². The fourth-order valence-electron chi connectivity index (χ4n) is 3.84. The van der Waals surface area contributed by atoms with Gasteiger partial charge in [-0.3, -0.25) is 4.79 Å². The van der Waals surface area contributed by atoms with Gasteiger partial charge in [-0.05, 0) is 67.1 Å². The van der Waals surface area contributed by atoms with Gasteiger partial charge in [0.05, 0.1) is 12.7 Å².